The van der Waals surface area contributed by atoms with Gasteiger partial charge in [-0.3, -0.25) is 4.31 Å². The third-order valence-electron chi connectivity index (χ3n) is 3.83. The number of anilines is 1. The molecule has 0 aliphatic rings. The molecule has 2 aromatic carbocycles. The molecular formula is C19H23NO5S. The molecule has 26 heavy (non-hydrogen) atoms. The Bertz CT molecular complexity index is 846. The van der Waals surface area contributed by atoms with Gasteiger partial charge in [0.25, 0.3) is 0 Å². The van der Waals surface area contributed by atoms with Crippen LogP contribution in [0.3, 0.4) is 0 Å². The second kappa shape index (κ2) is 8.71. The molecule has 0 spiro atoms. The molecule has 0 aliphatic carbocycles. The minimum absolute atomic E-state index is 0.280. The van der Waals surface area contributed by atoms with E-state index in [9.17, 15) is 13.2 Å². The molecule has 2 rings (SSSR count). The van der Waals surface area contributed by atoms with Gasteiger partial charge in [-0.1, -0.05) is 18.2 Å². The number of carbonyl (C=O) groups is 1. The Morgan fingerprint density at radius 1 is 1.08 bits per heavy atom. The first kappa shape index (κ1) is 19.8. The Morgan fingerprint density at radius 2 is 1.73 bits per heavy atom. The van der Waals surface area contributed by atoms with Gasteiger partial charge < -0.3 is 9.47 Å². The summed E-state index contributed by atoms with van der Waals surface area (Å²) in [7, 11) is -2.15. The van der Waals surface area contributed by atoms with Crippen molar-refractivity contribution in [2.75, 3.05) is 30.8 Å². The molecule has 0 atom stereocenters. The van der Waals surface area contributed by atoms with E-state index in [2.05, 4.69) is 4.74 Å². The van der Waals surface area contributed by atoms with Gasteiger partial charge in [0, 0.05) is 13.0 Å². The molecule has 7 heteroatoms. The van der Waals surface area contributed by atoms with Gasteiger partial charge in [-0.15, -0.1) is 0 Å². The summed E-state index contributed by atoms with van der Waals surface area (Å²) in [6.45, 7) is 2.64. The van der Waals surface area contributed by atoms with Gasteiger partial charge in [0.15, 0.2) is 0 Å². The summed E-state index contributed by atoms with van der Waals surface area (Å²) in [6, 6.07) is 14.0. The van der Waals surface area contributed by atoms with Crippen molar-refractivity contribution in [2.45, 2.75) is 13.3 Å². The van der Waals surface area contributed by atoms with Gasteiger partial charge in [-0.25, -0.2) is 13.2 Å². The average molecular weight is 377 g/mol. The fourth-order valence-electron chi connectivity index (χ4n) is 2.48. The standard InChI is InChI=1S/C19H23NO5S/c1-15-7-4-5-8-18(15)25-14-6-13-20(26(3,22)23)17-11-9-16(10-12-17)19(21)24-2/h4-5,7-12H,6,13-14H2,1-3H3. The molecule has 0 aromatic heterocycles. The average Bonchev–Trinajstić information content (AvgIpc) is 2.61. The van der Waals surface area contributed by atoms with Crippen LogP contribution in [0.15, 0.2) is 48.5 Å². The van der Waals surface area contributed by atoms with E-state index in [1.54, 1.807) is 24.3 Å². The highest BCUT2D eigenvalue weighted by molar-refractivity contribution is 7.92. The van der Waals surface area contributed by atoms with Crippen LogP contribution in [0.25, 0.3) is 0 Å². The van der Waals surface area contributed by atoms with Crippen molar-refractivity contribution < 1.29 is 22.7 Å². The van der Waals surface area contributed by atoms with E-state index in [0.29, 0.717) is 24.3 Å². The van der Waals surface area contributed by atoms with Crippen LogP contribution in [0.2, 0.25) is 0 Å². The summed E-state index contributed by atoms with van der Waals surface area (Å²) in [4.78, 5) is 11.5. The lowest BCUT2D eigenvalue weighted by Crippen LogP contribution is -2.31. The number of sulfonamides is 1. The normalized spacial score (nSPS) is 11.0. The Kier molecular flexibility index (Phi) is 6.63. The van der Waals surface area contributed by atoms with E-state index in [4.69, 9.17) is 4.74 Å². The fraction of sp³-hybridized carbons (Fsp3) is 0.316. The Morgan fingerprint density at radius 3 is 2.31 bits per heavy atom. The van der Waals surface area contributed by atoms with Crippen LogP contribution >= 0.6 is 0 Å². The van der Waals surface area contributed by atoms with Crippen molar-refractivity contribution in [1.29, 1.82) is 0 Å². The summed E-state index contributed by atoms with van der Waals surface area (Å²) in [5, 5.41) is 0. The van der Waals surface area contributed by atoms with Crippen LogP contribution in [0.4, 0.5) is 5.69 Å². The predicted octanol–water partition coefficient (Wildman–Crippen LogP) is 3.02. The van der Waals surface area contributed by atoms with Crippen LogP contribution in [-0.2, 0) is 14.8 Å². The van der Waals surface area contributed by atoms with E-state index < -0.39 is 16.0 Å². The third kappa shape index (κ3) is 5.23. The molecule has 0 amide bonds. The molecule has 0 saturated carbocycles. The van der Waals surface area contributed by atoms with Gasteiger partial charge in [-0.2, -0.15) is 0 Å². The van der Waals surface area contributed by atoms with E-state index in [1.807, 2.05) is 31.2 Å². The van der Waals surface area contributed by atoms with Gasteiger partial charge in [0.1, 0.15) is 5.75 Å². The Balaban J connectivity index is 2.02. The smallest absolute Gasteiger partial charge is 0.337 e. The fourth-order valence-corrected chi connectivity index (χ4v) is 3.44. The highest BCUT2D eigenvalue weighted by atomic mass is 32.2. The van der Waals surface area contributed by atoms with E-state index in [0.717, 1.165) is 17.6 Å². The molecule has 0 N–H and O–H groups in total. The number of aryl methyl sites for hydroxylation is 1. The summed E-state index contributed by atoms with van der Waals surface area (Å²) >= 11 is 0. The maximum atomic E-state index is 12.1. The monoisotopic (exact) mass is 377 g/mol. The first-order chi connectivity index (χ1) is 12.3. The van der Waals surface area contributed by atoms with Gasteiger partial charge in [0.05, 0.1) is 31.2 Å². The zero-order valence-corrected chi connectivity index (χ0v) is 16.0. The van der Waals surface area contributed by atoms with Crippen molar-refractivity contribution in [1.82, 2.24) is 0 Å². The zero-order chi connectivity index (χ0) is 19.2. The molecule has 0 heterocycles. The first-order valence-electron chi connectivity index (χ1n) is 8.17. The number of esters is 1. The van der Waals surface area contributed by atoms with E-state index in [1.165, 1.54) is 11.4 Å². The number of methoxy groups -OCH3 is 1. The van der Waals surface area contributed by atoms with Crippen molar-refractivity contribution in [2.24, 2.45) is 0 Å². The highest BCUT2D eigenvalue weighted by Crippen LogP contribution is 2.20. The van der Waals surface area contributed by atoms with Crippen LogP contribution in [0.5, 0.6) is 5.75 Å². The largest absolute Gasteiger partial charge is 0.493 e. The number of ether oxygens (including phenoxy) is 2. The molecule has 140 valence electrons. The second-order valence-corrected chi connectivity index (χ2v) is 7.75. The van der Waals surface area contributed by atoms with Crippen LogP contribution in [-0.4, -0.2) is 40.9 Å². The maximum Gasteiger partial charge on any atom is 0.337 e. The van der Waals surface area contributed by atoms with Crippen molar-refractivity contribution >= 4 is 21.7 Å². The molecule has 0 fully saturated rings. The summed E-state index contributed by atoms with van der Waals surface area (Å²) in [5.74, 6) is 0.329. The topological polar surface area (TPSA) is 72.9 Å². The minimum Gasteiger partial charge on any atom is -0.493 e. The van der Waals surface area contributed by atoms with Gasteiger partial charge >= 0.3 is 5.97 Å². The summed E-state index contributed by atoms with van der Waals surface area (Å²) in [5.41, 5.74) is 1.90. The van der Waals surface area contributed by atoms with E-state index in [-0.39, 0.29) is 6.54 Å². The molecular weight excluding hydrogens is 354 g/mol. The number of para-hydroxylation sites is 1. The lowest BCUT2D eigenvalue weighted by atomic mass is 10.2. The number of hydrogen-bond donors (Lipinski definition) is 0. The van der Waals surface area contributed by atoms with Crippen LogP contribution < -0.4 is 9.04 Å². The molecule has 0 saturated heterocycles. The van der Waals surface area contributed by atoms with Crippen molar-refractivity contribution in [3.8, 4) is 5.75 Å². The van der Waals surface area contributed by atoms with Crippen LogP contribution in [0.1, 0.15) is 22.3 Å². The van der Waals surface area contributed by atoms with Gasteiger partial charge in [-0.05, 0) is 42.8 Å². The third-order valence-corrected chi connectivity index (χ3v) is 5.03. The van der Waals surface area contributed by atoms with E-state index >= 15 is 0 Å². The second-order valence-electron chi connectivity index (χ2n) is 5.84. The molecule has 0 bridgehead atoms. The number of carbonyl (C=O) groups excluding carboxylic acids is 1. The first-order valence-corrected chi connectivity index (χ1v) is 10.0. The Hall–Kier alpha value is -2.54. The van der Waals surface area contributed by atoms with Crippen molar-refractivity contribution in [3.05, 3.63) is 59.7 Å². The zero-order valence-electron chi connectivity index (χ0n) is 15.1. The number of nitrogens with zero attached hydrogens (tertiary/aromatic N) is 1. The van der Waals surface area contributed by atoms with Crippen molar-refractivity contribution in [3.63, 3.8) is 0 Å². The maximum absolute atomic E-state index is 12.1. The predicted molar refractivity (Wildman–Crippen MR) is 101 cm³/mol. The SMILES string of the molecule is COC(=O)c1ccc(N(CCCOc2ccccc2C)S(C)(=O)=O)cc1. The summed E-state index contributed by atoms with van der Waals surface area (Å²) in [6.07, 6.45) is 1.68. The molecule has 2 aromatic rings. The number of hydrogen-bond acceptors (Lipinski definition) is 5. The van der Waals surface area contributed by atoms with Crippen LogP contribution in [0, 0.1) is 6.92 Å². The molecule has 6 nitrogen and oxygen atoms in total. The molecule has 0 radical (unpaired) electrons. The highest BCUT2D eigenvalue weighted by Gasteiger charge is 2.17. The number of rotatable bonds is 8. The minimum atomic E-state index is -3.45. The molecule has 0 aliphatic heterocycles. The molecule has 0 unspecified atom stereocenters. The summed E-state index contributed by atoms with van der Waals surface area (Å²) < 4.78 is 35.9. The number of benzene rings is 2. The van der Waals surface area contributed by atoms with Gasteiger partial charge in [0.2, 0.25) is 10.0 Å². The quantitative estimate of drug-likeness (QED) is 0.522. The lowest BCUT2D eigenvalue weighted by Gasteiger charge is -2.22. The Labute approximate surface area is 154 Å². The lowest BCUT2D eigenvalue weighted by molar-refractivity contribution is 0.0600.